The molecule has 1 aliphatic heterocycles. The third-order valence-corrected chi connectivity index (χ3v) is 5.14. The summed E-state index contributed by atoms with van der Waals surface area (Å²) in [6.07, 6.45) is 1.53. The number of likely N-dealkylation sites (tertiary alicyclic amines) is 1. The number of rotatable bonds is 4. The number of carbonyl (C=O) groups is 2. The lowest BCUT2D eigenvalue weighted by Crippen LogP contribution is -2.38. The first-order chi connectivity index (χ1) is 11.9. The molecule has 132 valence electrons. The molecule has 2 amide bonds. The van der Waals surface area contributed by atoms with Gasteiger partial charge in [0.2, 0.25) is 5.91 Å². The number of thiazole rings is 1. The summed E-state index contributed by atoms with van der Waals surface area (Å²) in [6.45, 7) is 0. The van der Waals surface area contributed by atoms with Crippen molar-refractivity contribution in [3.8, 4) is 0 Å². The normalized spacial score (nSPS) is 20.0. The molecule has 0 bridgehead atoms. The molecule has 0 aliphatic carbocycles. The summed E-state index contributed by atoms with van der Waals surface area (Å²) in [5, 5.41) is 6.24. The van der Waals surface area contributed by atoms with Crippen LogP contribution in [0.5, 0.6) is 0 Å². The average Bonchev–Trinajstić information content (AvgIpc) is 3.16. The first kappa shape index (κ1) is 17.3. The lowest BCUT2D eigenvalue weighted by atomic mass is 10.00. The highest BCUT2D eigenvalue weighted by molar-refractivity contribution is 7.17. The van der Waals surface area contributed by atoms with Crippen LogP contribution < -0.4 is 10.6 Å². The third kappa shape index (κ3) is 3.32. The number of aromatic nitrogens is 1. The molecule has 0 spiro atoms. The van der Waals surface area contributed by atoms with Crippen LogP contribution in [0.4, 0.5) is 13.9 Å². The number of benzene rings is 1. The molecular weight excluding hydrogens is 350 g/mol. The van der Waals surface area contributed by atoms with Crippen LogP contribution in [0.25, 0.3) is 0 Å². The Morgan fingerprint density at radius 2 is 2.12 bits per heavy atom. The zero-order valence-electron chi connectivity index (χ0n) is 13.5. The summed E-state index contributed by atoms with van der Waals surface area (Å²) in [7, 11) is 3.27. The number of carbonyl (C=O) groups excluding carboxylic acids is 2. The molecule has 2 atom stereocenters. The van der Waals surface area contributed by atoms with Gasteiger partial charge in [0, 0.05) is 20.5 Å². The molecule has 25 heavy (non-hydrogen) atoms. The van der Waals surface area contributed by atoms with Gasteiger partial charge >= 0.3 is 0 Å². The number of nitrogens with one attached hydrogen (secondary N) is 2. The first-order valence-corrected chi connectivity index (χ1v) is 8.37. The van der Waals surface area contributed by atoms with Gasteiger partial charge in [0.1, 0.15) is 4.88 Å². The maximum absolute atomic E-state index is 13.6. The predicted molar refractivity (Wildman–Crippen MR) is 89.4 cm³/mol. The molecule has 9 heteroatoms. The number of likely N-dealkylation sites (N-methyl/N-ethyl adjacent to an activating group) is 1. The van der Waals surface area contributed by atoms with Crippen molar-refractivity contribution >= 4 is 28.3 Å². The molecule has 6 nitrogen and oxygen atoms in total. The molecule has 1 fully saturated rings. The lowest BCUT2D eigenvalue weighted by molar-refractivity contribution is -0.127. The molecule has 0 radical (unpaired) electrons. The van der Waals surface area contributed by atoms with Gasteiger partial charge in [-0.2, -0.15) is 0 Å². The van der Waals surface area contributed by atoms with Gasteiger partial charge in [-0.3, -0.25) is 9.59 Å². The maximum Gasteiger partial charge on any atom is 0.263 e. The van der Waals surface area contributed by atoms with Crippen LogP contribution in [0.2, 0.25) is 0 Å². The van der Waals surface area contributed by atoms with Crippen molar-refractivity contribution in [2.24, 2.45) is 0 Å². The number of amides is 2. The standard InChI is InChI=1S/C16H16F2N4O2S/c1-19-16-20-7-12(25-16)15(24)21-11-6-13(23)22(2)14(11)8-3-4-9(17)10(18)5-8/h3-5,7,11,14H,6H2,1-2H3,(H,19,20)(H,21,24)/t11-,14+/m1/s1. The van der Waals surface area contributed by atoms with Gasteiger partial charge in [-0.05, 0) is 17.7 Å². The minimum absolute atomic E-state index is 0.0869. The van der Waals surface area contributed by atoms with E-state index < -0.39 is 23.7 Å². The number of nitrogens with zero attached hydrogens (tertiary/aromatic N) is 2. The molecule has 3 rings (SSSR count). The summed E-state index contributed by atoms with van der Waals surface area (Å²) in [6, 6.07) is 2.38. The van der Waals surface area contributed by atoms with Crippen LogP contribution in [0, 0.1) is 11.6 Å². The minimum Gasteiger partial charge on any atom is -0.365 e. The van der Waals surface area contributed by atoms with Crippen LogP contribution in [-0.2, 0) is 4.79 Å². The van der Waals surface area contributed by atoms with Crippen LogP contribution in [0.3, 0.4) is 0 Å². The van der Waals surface area contributed by atoms with E-state index in [-0.39, 0.29) is 18.2 Å². The zero-order valence-corrected chi connectivity index (χ0v) is 14.4. The van der Waals surface area contributed by atoms with E-state index in [4.69, 9.17) is 0 Å². The van der Waals surface area contributed by atoms with Crippen LogP contribution in [-0.4, -0.2) is 41.8 Å². The summed E-state index contributed by atoms with van der Waals surface area (Å²) >= 11 is 1.19. The van der Waals surface area contributed by atoms with E-state index >= 15 is 0 Å². The summed E-state index contributed by atoms with van der Waals surface area (Å²) in [5.41, 5.74) is 0.428. The van der Waals surface area contributed by atoms with Crippen molar-refractivity contribution in [1.29, 1.82) is 0 Å². The number of anilines is 1. The molecule has 1 aromatic heterocycles. The van der Waals surface area contributed by atoms with Gasteiger partial charge in [0.05, 0.1) is 18.3 Å². The topological polar surface area (TPSA) is 74.3 Å². The Balaban J connectivity index is 1.84. The van der Waals surface area contributed by atoms with Crippen LogP contribution in [0.1, 0.15) is 27.7 Å². The van der Waals surface area contributed by atoms with Crippen molar-refractivity contribution < 1.29 is 18.4 Å². The van der Waals surface area contributed by atoms with Crippen molar-refractivity contribution in [3.05, 3.63) is 46.5 Å². The second-order valence-electron chi connectivity index (χ2n) is 5.69. The first-order valence-electron chi connectivity index (χ1n) is 7.55. The Hall–Kier alpha value is -2.55. The Labute approximate surface area is 146 Å². The fourth-order valence-corrected chi connectivity index (χ4v) is 3.56. The fraction of sp³-hybridized carbons (Fsp3) is 0.312. The Kier molecular flexibility index (Phi) is 4.67. The molecule has 1 saturated heterocycles. The Morgan fingerprint density at radius 1 is 1.36 bits per heavy atom. The zero-order chi connectivity index (χ0) is 18.1. The van der Waals surface area contributed by atoms with Crippen molar-refractivity contribution in [2.45, 2.75) is 18.5 Å². The highest BCUT2D eigenvalue weighted by Crippen LogP contribution is 2.33. The van der Waals surface area contributed by atoms with Gasteiger partial charge in [0.15, 0.2) is 16.8 Å². The fourth-order valence-electron chi connectivity index (χ4n) is 2.89. The van der Waals surface area contributed by atoms with E-state index in [9.17, 15) is 18.4 Å². The third-order valence-electron chi connectivity index (χ3n) is 4.13. The highest BCUT2D eigenvalue weighted by Gasteiger charge is 2.40. The second kappa shape index (κ2) is 6.75. The highest BCUT2D eigenvalue weighted by atomic mass is 32.1. The van der Waals surface area contributed by atoms with E-state index in [2.05, 4.69) is 15.6 Å². The molecule has 2 aromatic rings. The number of halogens is 2. The van der Waals surface area contributed by atoms with E-state index in [0.717, 1.165) is 12.1 Å². The van der Waals surface area contributed by atoms with Crippen molar-refractivity contribution in [2.75, 3.05) is 19.4 Å². The van der Waals surface area contributed by atoms with Crippen molar-refractivity contribution in [1.82, 2.24) is 15.2 Å². The maximum atomic E-state index is 13.6. The van der Waals surface area contributed by atoms with E-state index in [1.807, 2.05) is 0 Å². The van der Waals surface area contributed by atoms with E-state index in [1.54, 1.807) is 14.1 Å². The van der Waals surface area contributed by atoms with Crippen molar-refractivity contribution in [3.63, 3.8) is 0 Å². The number of hydrogen-bond acceptors (Lipinski definition) is 5. The molecule has 0 saturated carbocycles. The molecular formula is C16H16F2N4O2S. The monoisotopic (exact) mass is 366 g/mol. The predicted octanol–water partition coefficient (Wildman–Crippen LogP) is 2.16. The molecule has 1 aliphatic rings. The quantitative estimate of drug-likeness (QED) is 0.870. The Morgan fingerprint density at radius 3 is 2.76 bits per heavy atom. The number of hydrogen-bond donors (Lipinski definition) is 2. The van der Waals surface area contributed by atoms with Gasteiger partial charge < -0.3 is 15.5 Å². The molecule has 2 heterocycles. The van der Waals surface area contributed by atoms with Gasteiger partial charge in [0.25, 0.3) is 5.91 Å². The minimum atomic E-state index is -0.989. The summed E-state index contributed by atoms with van der Waals surface area (Å²) in [5.74, 6) is -2.49. The SMILES string of the molecule is CNc1ncc(C(=O)N[C@@H]2CC(=O)N(C)[C@H]2c2ccc(F)c(F)c2)s1. The van der Waals surface area contributed by atoms with Gasteiger partial charge in [-0.1, -0.05) is 17.4 Å². The smallest absolute Gasteiger partial charge is 0.263 e. The molecule has 1 aromatic carbocycles. The summed E-state index contributed by atoms with van der Waals surface area (Å²) in [4.78, 5) is 30.4. The molecule has 2 N–H and O–H groups in total. The molecule has 0 unspecified atom stereocenters. The second-order valence-corrected chi connectivity index (χ2v) is 6.72. The van der Waals surface area contributed by atoms with E-state index in [1.165, 1.54) is 28.5 Å². The van der Waals surface area contributed by atoms with Gasteiger partial charge in [-0.25, -0.2) is 13.8 Å². The lowest BCUT2D eigenvalue weighted by Gasteiger charge is -2.26. The van der Waals surface area contributed by atoms with Gasteiger partial charge in [-0.15, -0.1) is 0 Å². The largest absolute Gasteiger partial charge is 0.365 e. The van der Waals surface area contributed by atoms with Crippen LogP contribution in [0.15, 0.2) is 24.4 Å². The van der Waals surface area contributed by atoms with Crippen LogP contribution >= 0.6 is 11.3 Å². The average molecular weight is 366 g/mol. The Bertz CT molecular complexity index is 826. The van der Waals surface area contributed by atoms with E-state index in [0.29, 0.717) is 15.6 Å². The summed E-state index contributed by atoms with van der Waals surface area (Å²) < 4.78 is 26.8.